The van der Waals surface area contributed by atoms with E-state index in [-0.39, 0.29) is 5.91 Å². The maximum Gasteiger partial charge on any atom is 0.269 e. The van der Waals surface area contributed by atoms with E-state index < -0.39 is 0 Å². The van der Waals surface area contributed by atoms with Gasteiger partial charge in [-0.15, -0.1) is 0 Å². The van der Waals surface area contributed by atoms with Crippen LogP contribution in [0.25, 0.3) is 0 Å². The number of nitrogens with zero attached hydrogens (tertiary/aromatic N) is 3. The molecule has 2 rings (SSSR count). The maximum atomic E-state index is 11.5. The summed E-state index contributed by atoms with van der Waals surface area (Å²) < 4.78 is 0. The molecule has 6 heteroatoms. The van der Waals surface area contributed by atoms with Crippen molar-refractivity contribution < 1.29 is 10.0 Å². The molecule has 0 spiro atoms. The summed E-state index contributed by atoms with van der Waals surface area (Å²) in [6.07, 6.45) is 3.12. The molecule has 0 bridgehead atoms. The van der Waals surface area contributed by atoms with Gasteiger partial charge in [-0.25, -0.2) is 0 Å². The summed E-state index contributed by atoms with van der Waals surface area (Å²) in [5.41, 5.74) is 2.21. The molecule has 2 N–H and O–H groups in total. The molecule has 0 unspecified atom stereocenters. The fraction of sp³-hybridized carbons (Fsp3) is 0.417. The van der Waals surface area contributed by atoms with E-state index in [1.807, 2.05) is 6.07 Å². The van der Waals surface area contributed by atoms with Crippen LogP contribution in [0.15, 0.2) is 23.5 Å². The van der Waals surface area contributed by atoms with Gasteiger partial charge in [0.25, 0.3) is 5.91 Å². The fourth-order valence-corrected chi connectivity index (χ4v) is 1.99. The molecule has 6 nitrogen and oxygen atoms in total. The third-order valence-corrected chi connectivity index (χ3v) is 3.05. The molecule has 0 saturated carbocycles. The van der Waals surface area contributed by atoms with E-state index in [1.165, 1.54) is 0 Å². The van der Waals surface area contributed by atoms with Crippen LogP contribution in [-0.2, 0) is 0 Å². The van der Waals surface area contributed by atoms with Gasteiger partial charge in [0.1, 0.15) is 5.69 Å². The Labute approximate surface area is 105 Å². The first-order chi connectivity index (χ1) is 8.74. The summed E-state index contributed by atoms with van der Waals surface area (Å²) in [6, 6.07) is 3.66. The molecule has 1 aromatic heterocycles. The number of nitrogens with one attached hydrogen (secondary N) is 1. The standard InChI is InChI=1S/C12H16N4O2/c1-13-12(17)11-8-10(2-5-14-11)16-6-3-9(15-18)4-7-16/h2,5,8,18H,3-4,6-7H2,1H3,(H,13,17). The van der Waals surface area contributed by atoms with Gasteiger partial charge in [0.15, 0.2) is 0 Å². The Hall–Kier alpha value is -2.11. The summed E-state index contributed by atoms with van der Waals surface area (Å²) in [5.74, 6) is -0.188. The Morgan fingerprint density at radius 1 is 1.50 bits per heavy atom. The minimum Gasteiger partial charge on any atom is -0.411 e. The number of rotatable bonds is 2. The monoisotopic (exact) mass is 248 g/mol. The normalized spacial score (nSPS) is 15.4. The minimum absolute atomic E-state index is 0.188. The third kappa shape index (κ3) is 2.58. The number of aromatic nitrogens is 1. The van der Waals surface area contributed by atoms with E-state index in [0.29, 0.717) is 5.69 Å². The van der Waals surface area contributed by atoms with E-state index in [1.54, 1.807) is 19.3 Å². The predicted octanol–water partition coefficient (Wildman–Crippen LogP) is 0.872. The Balaban J connectivity index is 2.12. The Morgan fingerprint density at radius 3 is 2.83 bits per heavy atom. The summed E-state index contributed by atoms with van der Waals surface area (Å²) in [5, 5.41) is 14.5. The molecule has 0 atom stereocenters. The van der Waals surface area contributed by atoms with Gasteiger partial charge in [0, 0.05) is 44.9 Å². The van der Waals surface area contributed by atoms with Crippen LogP contribution in [0.2, 0.25) is 0 Å². The quantitative estimate of drug-likeness (QED) is 0.601. The van der Waals surface area contributed by atoms with E-state index in [9.17, 15) is 4.79 Å². The second-order valence-corrected chi connectivity index (χ2v) is 4.13. The molecule has 1 aliphatic rings. The first kappa shape index (κ1) is 12.3. The van der Waals surface area contributed by atoms with Gasteiger partial charge in [-0.1, -0.05) is 5.16 Å². The van der Waals surface area contributed by atoms with Crippen molar-refractivity contribution in [3.05, 3.63) is 24.0 Å². The highest BCUT2D eigenvalue weighted by Crippen LogP contribution is 2.19. The molecule has 0 aromatic carbocycles. The van der Waals surface area contributed by atoms with Crippen molar-refractivity contribution >= 4 is 17.3 Å². The number of hydrogen-bond donors (Lipinski definition) is 2. The second-order valence-electron chi connectivity index (χ2n) is 4.13. The predicted molar refractivity (Wildman–Crippen MR) is 68.3 cm³/mol. The molecule has 1 saturated heterocycles. The van der Waals surface area contributed by atoms with E-state index >= 15 is 0 Å². The number of oxime groups is 1. The van der Waals surface area contributed by atoms with Crippen molar-refractivity contribution in [2.24, 2.45) is 5.16 Å². The molecular formula is C12H16N4O2. The highest BCUT2D eigenvalue weighted by molar-refractivity contribution is 5.93. The number of carbonyl (C=O) groups excluding carboxylic acids is 1. The van der Waals surface area contributed by atoms with Gasteiger partial charge in [0.2, 0.25) is 0 Å². The van der Waals surface area contributed by atoms with Crippen molar-refractivity contribution in [3.63, 3.8) is 0 Å². The largest absolute Gasteiger partial charge is 0.411 e. The maximum absolute atomic E-state index is 11.5. The van der Waals surface area contributed by atoms with Gasteiger partial charge in [0.05, 0.1) is 5.71 Å². The van der Waals surface area contributed by atoms with Crippen LogP contribution in [0.4, 0.5) is 5.69 Å². The molecule has 1 aliphatic heterocycles. The van der Waals surface area contributed by atoms with Crippen LogP contribution in [0.5, 0.6) is 0 Å². The van der Waals surface area contributed by atoms with Crippen LogP contribution in [-0.4, -0.2) is 41.9 Å². The average molecular weight is 248 g/mol. The molecule has 1 amide bonds. The molecule has 1 aromatic rings. The molecule has 2 heterocycles. The SMILES string of the molecule is CNC(=O)c1cc(N2CCC(=NO)CC2)ccn1. The highest BCUT2D eigenvalue weighted by atomic mass is 16.4. The van der Waals surface area contributed by atoms with Gasteiger partial charge in [-0.3, -0.25) is 9.78 Å². The smallest absolute Gasteiger partial charge is 0.269 e. The highest BCUT2D eigenvalue weighted by Gasteiger charge is 2.17. The van der Waals surface area contributed by atoms with Crippen molar-refractivity contribution in [1.82, 2.24) is 10.3 Å². The zero-order valence-corrected chi connectivity index (χ0v) is 10.3. The van der Waals surface area contributed by atoms with E-state index in [4.69, 9.17) is 5.21 Å². The molecule has 96 valence electrons. The number of carbonyl (C=O) groups is 1. The van der Waals surface area contributed by atoms with Gasteiger partial charge < -0.3 is 15.4 Å². The van der Waals surface area contributed by atoms with Crippen molar-refractivity contribution in [1.29, 1.82) is 0 Å². The summed E-state index contributed by atoms with van der Waals surface area (Å²) in [4.78, 5) is 17.7. The number of piperidine rings is 1. The molecule has 18 heavy (non-hydrogen) atoms. The zero-order valence-electron chi connectivity index (χ0n) is 10.3. The summed E-state index contributed by atoms with van der Waals surface area (Å²) >= 11 is 0. The topological polar surface area (TPSA) is 77.8 Å². The first-order valence-corrected chi connectivity index (χ1v) is 5.87. The Kier molecular flexibility index (Phi) is 3.76. The number of amides is 1. The number of hydrogen-bond acceptors (Lipinski definition) is 5. The molecule has 0 aliphatic carbocycles. The van der Waals surface area contributed by atoms with E-state index in [0.717, 1.165) is 37.3 Å². The zero-order chi connectivity index (χ0) is 13.0. The Morgan fingerprint density at radius 2 is 2.22 bits per heavy atom. The van der Waals surface area contributed by atoms with Crippen LogP contribution < -0.4 is 10.2 Å². The van der Waals surface area contributed by atoms with Crippen molar-refractivity contribution in [3.8, 4) is 0 Å². The second kappa shape index (κ2) is 5.48. The molecule has 0 radical (unpaired) electrons. The van der Waals surface area contributed by atoms with Crippen molar-refractivity contribution in [2.45, 2.75) is 12.8 Å². The van der Waals surface area contributed by atoms with Gasteiger partial charge in [-0.05, 0) is 12.1 Å². The van der Waals surface area contributed by atoms with E-state index in [2.05, 4.69) is 20.4 Å². The lowest BCUT2D eigenvalue weighted by atomic mass is 10.1. The van der Waals surface area contributed by atoms with Crippen LogP contribution in [0.1, 0.15) is 23.3 Å². The minimum atomic E-state index is -0.188. The average Bonchev–Trinajstić information content (AvgIpc) is 2.46. The van der Waals surface area contributed by atoms with Crippen LogP contribution >= 0.6 is 0 Å². The first-order valence-electron chi connectivity index (χ1n) is 5.87. The Bertz CT molecular complexity index is 463. The van der Waals surface area contributed by atoms with Crippen LogP contribution in [0, 0.1) is 0 Å². The van der Waals surface area contributed by atoms with Gasteiger partial charge >= 0.3 is 0 Å². The summed E-state index contributed by atoms with van der Waals surface area (Å²) in [7, 11) is 1.58. The summed E-state index contributed by atoms with van der Waals surface area (Å²) in [6.45, 7) is 1.58. The molecule has 1 fully saturated rings. The third-order valence-electron chi connectivity index (χ3n) is 3.05. The lowest BCUT2D eigenvalue weighted by Crippen LogP contribution is -2.34. The number of anilines is 1. The fourth-order valence-electron chi connectivity index (χ4n) is 1.99. The lowest BCUT2D eigenvalue weighted by Gasteiger charge is -2.29. The van der Waals surface area contributed by atoms with Crippen LogP contribution in [0.3, 0.4) is 0 Å². The number of pyridine rings is 1. The molecular weight excluding hydrogens is 232 g/mol. The van der Waals surface area contributed by atoms with Crippen molar-refractivity contribution in [2.75, 3.05) is 25.0 Å². The lowest BCUT2D eigenvalue weighted by molar-refractivity contribution is 0.0958. The van der Waals surface area contributed by atoms with Gasteiger partial charge in [-0.2, -0.15) is 0 Å².